The van der Waals surface area contributed by atoms with Crippen molar-refractivity contribution < 1.29 is 42.9 Å². The summed E-state index contributed by atoms with van der Waals surface area (Å²) < 4.78 is 26.9. The van der Waals surface area contributed by atoms with E-state index in [1.807, 2.05) is 0 Å². The Morgan fingerprint density at radius 3 is 1.52 bits per heavy atom. The van der Waals surface area contributed by atoms with Crippen LogP contribution in [0.25, 0.3) is 6.08 Å². The summed E-state index contributed by atoms with van der Waals surface area (Å²) in [6.07, 6.45) is 3.27. The Balaban J connectivity index is 2.27. The van der Waals surface area contributed by atoms with Crippen LogP contribution in [0.4, 0.5) is 0 Å². The molecule has 0 saturated carbocycles. The Hall–Kier alpha value is -5.18. The summed E-state index contributed by atoms with van der Waals surface area (Å²) >= 11 is 0. The van der Waals surface area contributed by atoms with Gasteiger partial charge in [0.25, 0.3) is 0 Å². The van der Waals surface area contributed by atoms with Crippen LogP contribution in [-0.2, 0) is 19.2 Å². The van der Waals surface area contributed by atoms with Crippen molar-refractivity contribution in [1.82, 2.24) is 0 Å². The van der Waals surface area contributed by atoms with Crippen LogP contribution >= 0.6 is 0 Å². The number of carbonyl (C=O) groups excluding carboxylic acids is 4. The Morgan fingerprint density at radius 1 is 0.600 bits per heavy atom. The molecule has 0 aliphatic rings. The molecule has 0 amide bonds. The minimum Gasteiger partial charge on any atom is -0.486 e. The fraction of sp³-hybridized carbons (Fsp3) is 0.161. The Morgan fingerprint density at radius 2 is 1.05 bits per heavy atom. The minimum absolute atomic E-state index is 0.0103. The van der Waals surface area contributed by atoms with Crippen molar-refractivity contribution in [2.75, 3.05) is 6.61 Å². The molecule has 9 nitrogen and oxygen atoms in total. The molecule has 2 rings (SSSR count). The molecule has 0 aromatic heterocycles. The number of ether oxygens (including phenoxy) is 5. The molecule has 0 unspecified atom stereocenters. The van der Waals surface area contributed by atoms with Gasteiger partial charge in [-0.15, -0.1) is 0 Å². The molecule has 0 fully saturated rings. The third kappa shape index (κ3) is 9.60. The summed E-state index contributed by atoms with van der Waals surface area (Å²) in [4.78, 5) is 48.0. The first-order valence-electron chi connectivity index (χ1n) is 11.9. The van der Waals surface area contributed by atoms with E-state index in [4.69, 9.17) is 23.7 Å². The van der Waals surface area contributed by atoms with Crippen LogP contribution in [-0.4, -0.2) is 30.5 Å². The molecule has 2 aromatic carbocycles. The van der Waals surface area contributed by atoms with Crippen molar-refractivity contribution in [1.29, 1.82) is 0 Å². The summed E-state index contributed by atoms with van der Waals surface area (Å²) in [6, 6.07) is 8.78. The van der Waals surface area contributed by atoms with Crippen molar-refractivity contribution in [2.45, 2.75) is 27.7 Å². The topological polar surface area (TPSA) is 114 Å². The fourth-order valence-corrected chi connectivity index (χ4v) is 2.65. The molecule has 2 aromatic rings. The van der Waals surface area contributed by atoms with Crippen molar-refractivity contribution in [3.05, 3.63) is 96.6 Å². The molecule has 0 heterocycles. The molecule has 0 aliphatic carbocycles. The van der Waals surface area contributed by atoms with Gasteiger partial charge in [0.15, 0.2) is 11.5 Å². The molecule has 0 spiro atoms. The quantitative estimate of drug-likeness (QED) is 0.188. The van der Waals surface area contributed by atoms with E-state index in [-0.39, 0.29) is 57.6 Å². The monoisotopic (exact) mass is 546 g/mol. The van der Waals surface area contributed by atoms with E-state index in [1.165, 1.54) is 52.0 Å². The van der Waals surface area contributed by atoms with E-state index in [9.17, 15) is 19.2 Å². The fourth-order valence-electron chi connectivity index (χ4n) is 2.65. The number of benzene rings is 2. The molecular weight excluding hydrogens is 516 g/mol. The van der Waals surface area contributed by atoms with Gasteiger partial charge in [-0.2, -0.15) is 0 Å². The molecular formula is C31H30O9. The van der Waals surface area contributed by atoms with E-state index in [2.05, 4.69) is 26.3 Å². The molecule has 0 radical (unpaired) electrons. The standard InChI is InChI=1S/C31H30O9/c1-18(2)28(32)37-23-11-12-26(27(17-23)40-31(35)21(7)8)36-13-9-10-22-14-24(38-29(33)19(3)4)16-25(15-22)39-30(34)20(5)6/h9-12,14-17H,1,3,5,7,13H2,2,4,6,8H3/b10-9+. The lowest BCUT2D eigenvalue weighted by molar-refractivity contribution is -0.131. The molecule has 0 saturated heterocycles. The summed E-state index contributed by atoms with van der Waals surface area (Å²) in [6.45, 7) is 20.2. The summed E-state index contributed by atoms with van der Waals surface area (Å²) in [7, 11) is 0. The number of carbonyl (C=O) groups is 4. The van der Waals surface area contributed by atoms with E-state index in [0.717, 1.165) is 0 Å². The molecule has 208 valence electrons. The average Bonchev–Trinajstić information content (AvgIpc) is 2.87. The average molecular weight is 547 g/mol. The van der Waals surface area contributed by atoms with Gasteiger partial charge in [-0.1, -0.05) is 32.4 Å². The molecule has 9 heteroatoms. The number of hydrogen-bond acceptors (Lipinski definition) is 9. The van der Waals surface area contributed by atoms with Gasteiger partial charge in [-0.3, -0.25) is 0 Å². The zero-order valence-corrected chi connectivity index (χ0v) is 22.8. The van der Waals surface area contributed by atoms with E-state index in [1.54, 1.807) is 24.3 Å². The number of hydrogen-bond donors (Lipinski definition) is 0. The van der Waals surface area contributed by atoms with Crippen LogP contribution < -0.4 is 23.7 Å². The summed E-state index contributed by atoms with van der Waals surface area (Å²) in [5.74, 6) is -2.03. The second-order valence-electron chi connectivity index (χ2n) is 8.74. The maximum absolute atomic E-state index is 12.1. The zero-order chi connectivity index (χ0) is 30.0. The summed E-state index contributed by atoms with van der Waals surface area (Å²) in [5, 5.41) is 0. The number of esters is 4. The van der Waals surface area contributed by atoms with Crippen molar-refractivity contribution in [3.8, 4) is 28.7 Å². The lowest BCUT2D eigenvalue weighted by Gasteiger charge is -2.13. The third-order valence-corrected chi connectivity index (χ3v) is 4.69. The Bertz CT molecular complexity index is 1380. The van der Waals surface area contributed by atoms with Gasteiger partial charge < -0.3 is 23.7 Å². The lowest BCUT2D eigenvalue weighted by Crippen LogP contribution is -2.11. The second-order valence-corrected chi connectivity index (χ2v) is 8.74. The normalized spacial score (nSPS) is 10.3. The maximum atomic E-state index is 12.1. The van der Waals surface area contributed by atoms with Gasteiger partial charge in [-0.05, 0) is 63.6 Å². The Kier molecular flexibility index (Phi) is 10.9. The van der Waals surface area contributed by atoms with Crippen LogP contribution in [0.1, 0.15) is 33.3 Å². The minimum atomic E-state index is -0.693. The lowest BCUT2D eigenvalue weighted by atomic mass is 10.2. The van der Waals surface area contributed by atoms with Gasteiger partial charge in [-0.25, -0.2) is 19.2 Å². The van der Waals surface area contributed by atoms with E-state index < -0.39 is 23.9 Å². The van der Waals surface area contributed by atoms with Gasteiger partial charge in [0.1, 0.15) is 23.9 Å². The predicted molar refractivity (Wildman–Crippen MR) is 149 cm³/mol. The SMILES string of the molecule is C=C(C)C(=O)Oc1cc(/C=C/COc2ccc(OC(=O)C(=C)C)cc2OC(=O)C(=C)C)cc(OC(=O)C(=C)C)c1. The molecule has 40 heavy (non-hydrogen) atoms. The van der Waals surface area contributed by atoms with Crippen molar-refractivity contribution in [2.24, 2.45) is 0 Å². The highest BCUT2D eigenvalue weighted by atomic mass is 16.6. The molecule has 0 bridgehead atoms. The van der Waals surface area contributed by atoms with Crippen LogP contribution in [0.2, 0.25) is 0 Å². The van der Waals surface area contributed by atoms with Crippen molar-refractivity contribution in [3.63, 3.8) is 0 Å². The first-order valence-corrected chi connectivity index (χ1v) is 11.9. The van der Waals surface area contributed by atoms with Gasteiger partial charge in [0, 0.05) is 34.4 Å². The summed E-state index contributed by atoms with van der Waals surface area (Å²) in [5.41, 5.74) is 1.26. The third-order valence-electron chi connectivity index (χ3n) is 4.69. The first kappa shape index (κ1) is 31.0. The predicted octanol–water partition coefficient (Wildman–Crippen LogP) is 5.70. The van der Waals surface area contributed by atoms with Crippen LogP contribution in [0, 0.1) is 0 Å². The second kappa shape index (κ2) is 14.1. The highest BCUT2D eigenvalue weighted by molar-refractivity contribution is 5.91. The molecule has 0 N–H and O–H groups in total. The molecule has 0 atom stereocenters. The van der Waals surface area contributed by atoms with Crippen LogP contribution in [0.5, 0.6) is 28.7 Å². The zero-order valence-electron chi connectivity index (χ0n) is 22.8. The van der Waals surface area contributed by atoms with Gasteiger partial charge in [0.2, 0.25) is 0 Å². The first-order chi connectivity index (χ1) is 18.8. The number of rotatable bonds is 12. The molecule has 0 aliphatic heterocycles. The van der Waals surface area contributed by atoms with Crippen molar-refractivity contribution >= 4 is 30.0 Å². The van der Waals surface area contributed by atoms with E-state index in [0.29, 0.717) is 5.56 Å². The largest absolute Gasteiger partial charge is 0.486 e. The van der Waals surface area contributed by atoms with Gasteiger partial charge in [0.05, 0.1) is 0 Å². The highest BCUT2D eigenvalue weighted by Crippen LogP contribution is 2.33. The van der Waals surface area contributed by atoms with Gasteiger partial charge >= 0.3 is 23.9 Å². The smallest absolute Gasteiger partial charge is 0.338 e. The van der Waals surface area contributed by atoms with Crippen LogP contribution in [0.3, 0.4) is 0 Å². The highest BCUT2D eigenvalue weighted by Gasteiger charge is 2.15. The van der Waals surface area contributed by atoms with E-state index >= 15 is 0 Å². The Labute approximate surface area is 232 Å². The van der Waals surface area contributed by atoms with Crippen LogP contribution in [0.15, 0.2) is 91.1 Å². The maximum Gasteiger partial charge on any atom is 0.338 e.